The molecule has 0 spiro atoms. The van der Waals surface area contributed by atoms with Crippen molar-refractivity contribution in [3.63, 3.8) is 0 Å². The number of aromatic nitrogens is 2. The third-order valence-corrected chi connectivity index (χ3v) is 7.39. The zero-order valence-electron chi connectivity index (χ0n) is 19.8. The number of ether oxygens (including phenoxy) is 2. The van der Waals surface area contributed by atoms with Gasteiger partial charge in [-0.1, -0.05) is 0 Å². The second kappa shape index (κ2) is 9.91. The minimum absolute atomic E-state index is 0.0333. The topological polar surface area (TPSA) is 155 Å². The van der Waals surface area contributed by atoms with Gasteiger partial charge in [0.25, 0.3) is 11.6 Å². The summed E-state index contributed by atoms with van der Waals surface area (Å²) >= 11 is 0. The lowest BCUT2D eigenvalue weighted by Crippen LogP contribution is -2.32. The Balaban J connectivity index is 1.67. The van der Waals surface area contributed by atoms with Crippen molar-refractivity contribution >= 4 is 21.6 Å². The minimum atomic E-state index is -4.08. The summed E-state index contributed by atoms with van der Waals surface area (Å²) in [7, 11) is -4.08. The van der Waals surface area contributed by atoms with Crippen LogP contribution >= 0.6 is 0 Å². The van der Waals surface area contributed by atoms with Crippen molar-refractivity contribution in [1.29, 1.82) is 0 Å². The lowest BCUT2D eigenvalue weighted by atomic mass is 10.2. The molecule has 1 amide bonds. The first-order valence-corrected chi connectivity index (χ1v) is 13.0. The summed E-state index contributed by atoms with van der Waals surface area (Å²) in [5.41, 5.74) is 0.186. The Morgan fingerprint density at radius 1 is 1.34 bits per heavy atom. The van der Waals surface area contributed by atoms with Crippen LogP contribution in [0.5, 0.6) is 11.6 Å². The zero-order valence-corrected chi connectivity index (χ0v) is 20.6. The van der Waals surface area contributed by atoms with Gasteiger partial charge >= 0.3 is 0 Å². The highest BCUT2D eigenvalue weighted by Crippen LogP contribution is 2.36. The molecule has 1 atom stereocenters. The molecule has 0 unspecified atom stereocenters. The minimum Gasteiger partial charge on any atom is -0.438 e. The SMILES string of the molecule is Cc1c(C(=O)NC[C@@H]2CCCO2)nn(C(C)C)c1Oc1ccc([N+](=O)[O-])cc1S(=O)(=O)NC1CC1. The number of benzene rings is 1. The third kappa shape index (κ3) is 5.63. The van der Waals surface area contributed by atoms with Crippen molar-refractivity contribution in [1.82, 2.24) is 19.8 Å². The highest BCUT2D eigenvalue weighted by atomic mass is 32.2. The van der Waals surface area contributed by atoms with Gasteiger partial charge < -0.3 is 14.8 Å². The molecule has 2 aliphatic rings. The number of nitrogens with one attached hydrogen (secondary N) is 2. The molecule has 1 saturated heterocycles. The standard InChI is InChI=1S/C22H29N5O7S/c1-13(2)26-22(14(3)20(24-26)21(28)23-12-17-5-4-10-33-17)34-18-9-8-16(27(29)30)11-19(18)35(31,32)25-15-6-7-15/h8-9,11,13,15,17,25H,4-7,10,12H2,1-3H3,(H,23,28)/t17-/m0/s1. The van der Waals surface area contributed by atoms with Crippen LogP contribution in [0.15, 0.2) is 23.1 Å². The first-order chi connectivity index (χ1) is 16.6. The number of carbonyl (C=O) groups excluding carboxylic acids is 1. The van der Waals surface area contributed by atoms with Crippen LogP contribution in [0, 0.1) is 17.0 Å². The van der Waals surface area contributed by atoms with Crippen LogP contribution in [0.25, 0.3) is 0 Å². The quantitative estimate of drug-likeness (QED) is 0.367. The van der Waals surface area contributed by atoms with E-state index >= 15 is 0 Å². The van der Waals surface area contributed by atoms with E-state index in [0.29, 0.717) is 31.6 Å². The number of non-ortho nitro benzene ring substituents is 1. The molecule has 2 fully saturated rings. The van der Waals surface area contributed by atoms with Gasteiger partial charge in [-0.2, -0.15) is 5.10 Å². The number of hydrogen-bond acceptors (Lipinski definition) is 8. The van der Waals surface area contributed by atoms with Crippen molar-refractivity contribution in [2.24, 2.45) is 0 Å². The first kappa shape index (κ1) is 25.1. The van der Waals surface area contributed by atoms with Gasteiger partial charge in [-0.25, -0.2) is 17.8 Å². The number of nitro groups is 1. The fraction of sp³-hybridized carbons (Fsp3) is 0.545. The van der Waals surface area contributed by atoms with E-state index in [9.17, 15) is 23.3 Å². The third-order valence-electron chi connectivity index (χ3n) is 5.84. The maximum Gasteiger partial charge on any atom is 0.272 e. The first-order valence-electron chi connectivity index (χ1n) is 11.5. The molecule has 35 heavy (non-hydrogen) atoms. The molecule has 4 rings (SSSR count). The second-order valence-electron chi connectivity index (χ2n) is 9.05. The Labute approximate surface area is 203 Å². The molecule has 0 radical (unpaired) electrons. The van der Waals surface area contributed by atoms with E-state index in [1.54, 1.807) is 6.92 Å². The predicted octanol–water partition coefficient (Wildman–Crippen LogP) is 2.82. The Morgan fingerprint density at radius 3 is 2.69 bits per heavy atom. The van der Waals surface area contributed by atoms with E-state index < -0.39 is 20.9 Å². The van der Waals surface area contributed by atoms with Gasteiger partial charge in [0.15, 0.2) is 5.69 Å². The van der Waals surface area contributed by atoms with Gasteiger partial charge in [0.1, 0.15) is 10.6 Å². The van der Waals surface area contributed by atoms with Gasteiger partial charge in [0.2, 0.25) is 15.9 Å². The van der Waals surface area contributed by atoms with Crippen LogP contribution < -0.4 is 14.8 Å². The number of rotatable bonds is 10. The zero-order chi connectivity index (χ0) is 25.3. The fourth-order valence-electron chi connectivity index (χ4n) is 3.78. The number of carbonyl (C=O) groups is 1. The van der Waals surface area contributed by atoms with Crippen molar-refractivity contribution in [3.05, 3.63) is 39.6 Å². The van der Waals surface area contributed by atoms with Crippen molar-refractivity contribution in [3.8, 4) is 11.6 Å². The molecule has 1 aliphatic carbocycles. The number of nitrogens with zero attached hydrogens (tertiary/aromatic N) is 3. The molecule has 13 heteroatoms. The molecular formula is C22H29N5O7S. The lowest BCUT2D eigenvalue weighted by molar-refractivity contribution is -0.385. The molecule has 1 aromatic heterocycles. The number of nitro benzene ring substituents is 1. The Bertz CT molecular complexity index is 1230. The molecular weight excluding hydrogens is 478 g/mol. The monoisotopic (exact) mass is 507 g/mol. The highest BCUT2D eigenvalue weighted by Gasteiger charge is 2.32. The molecule has 2 aromatic rings. The summed E-state index contributed by atoms with van der Waals surface area (Å²) < 4.78 is 41.5. The van der Waals surface area contributed by atoms with Gasteiger partial charge in [0.05, 0.1) is 17.1 Å². The molecule has 2 heterocycles. The Kier molecular flexibility index (Phi) is 7.10. The van der Waals surface area contributed by atoms with Crippen molar-refractivity contribution < 1.29 is 27.6 Å². The van der Waals surface area contributed by atoms with Crippen molar-refractivity contribution in [2.45, 2.75) is 69.5 Å². The van der Waals surface area contributed by atoms with E-state index in [2.05, 4.69) is 15.1 Å². The van der Waals surface area contributed by atoms with Crippen LogP contribution in [0.1, 0.15) is 61.6 Å². The normalized spacial score (nSPS) is 18.1. The average molecular weight is 508 g/mol. The molecule has 1 saturated carbocycles. The fourth-order valence-corrected chi connectivity index (χ4v) is 5.23. The van der Waals surface area contributed by atoms with Crippen LogP contribution in [-0.4, -0.2) is 54.3 Å². The van der Waals surface area contributed by atoms with E-state index in [4.69, 9.17) is 9.47 Å². The van der Waals surface area contributed by atoms with Crippen LogP contribution in [0.2, 0.25) is 0 Å². The van der Waals surface area contributed by atoms with Crippen molar-refractivity contribution in [2.75, 3.05) is 13.2 Å². The summed E-state index contributed by atoms with van der Waals surface area (Å²) in [4.78, 5) is 23.1. The van der Waals surface area contributed by atoms with Crippen LogP contribution in [-0.2, 0) is 14.8 Å². The van der Waals surface area contributed by atoms with Crippen LogP contribution in [0.3, 0.4) is 0 Å². The summed E-state index contributed by atoms with van der Waals surface area (Å²) in [5.74, 6) is -0.312. The van der Waals surface area contributed by atoms with Gasteiger partial charge in [-0.3, -0.25) is 14.9 Å². The second-order valence-corrected chi connectivity index (χ2v) is 10.7. The highest BCUT2D eigenvalue weighted by molar-refractivity contribution is 7.89. The Hall–Kier alpha value is -3.03. The lowest BCUT2D eigenvalue weighted by Gasteiger charge is -2.15. The summed E-state index contributed by atoms with van der Waals surface area (Å²) in [5, 5.41) is 18.5. The van der Waals surface area contributed by atoms with E-state index in [1.807, 2.05) is 13.8 Å². The number of sulfonamides is 1. The predicted molar refractivity (Wildman–Crippen MR) is 125 cm³/mol. The van der Waals surface area contributed by atoms with Gasteiger partial charge in [0, 0.05) is 36.9 Å². The largest absolute Gasteiger partial charge is 0.438 e. The number of amides is 1. The van der Waals surface area contributed by atoms with Crippen LogP contribution in [0.4, 0.5) is 5.69 Å². The smallest absolute Gasteiger partial charge is 0.272 e. The maximum absolute atomic E-state index is 13.0. The summed E-state index contributed by atoms with van der Waals surface area (Å²) in [6.45, 7) is 6.38. The number of hydrogen-bond donors (Lipinski definition) is 2. The summed E-state index contributed by atoms with van der Waals surface area (Å²) in [6, 6.07) is 2.97. The maximum atomic E-state index is 13.0. The van der Waals surface area contributed by atoms with E-state index in [1.165, 1.54) is 16.8 Å². The molecule has 12 nitrogen and oxygen atoms in total. The molecule has 1 aromatic carbocycles. The van der Waals surface area contributed by atoms with Gasteiger partial charge in [-0.05, 0) is 52.5 Å². The molecule has 0 bridgehead atoms. The average Bonchev–Trinajstić information content (AvgIpc) is 3.32. The molecule has 2 N–H and O–H groups in total. The Morgan fingerprint density at radius 2 is 2.09 bits per heavy atom. The molecule has 190 valence electrons. The molecule has 1 aliphatic heterocycles. The summed E-state index contributed by atoms with van der Waals surface area (Å²) in [6.07, 6.45) is 3.20. The van der Waals surface area contributed by atoms with E-state index in [-0.39, 0.29) is 46.1 Å². The van der Waals surface area contributed by atoms with Gasteiger partial charge in [-0.15, -0.1) is 0 Å². The van der Waals surface area contributed by atoms with E-state index in [0.717, 1.165) is 18.9 Å².